The maximum Gasteiger partial charge on any atom is 0.305 e. The van der Waals surface area contributed by atoms with Crippen LogP contribution in [-0.4, -0.2) is 18.1 Å². The lowest BCUT2D eigenvalue weighted by atomic mass is 9.84. The molecule has 0 saturated heterocycles. The highest BCUT2D eigenvalue weighted by Gasteiger charge is 2.31. The maximum atomic E-state index is 12.8. The molecule has 1 unspecified atom stereocenters. The maximum absolute atomic E-state index is 12.8. The number of nitrogens with one attached hydrogen (secondary N) is 1. The molecule has 0 aliphatic heterocycles. The lowest BCUT2D eigenvalue weighted by molar-refractivity contribution is -0.138. The monoisotopic (exact) mass is 225 g/mol. The number of halogens is 1. The number of rotatable bonds is 5. The third-order valence-corrected chi connectivity index (χ3v) is 2.93. The second kappa shape index (κ2) is 5.07. The summed E-state index contributed by atoms with van der Waals surface area (Å²) < 4.78 is 12.8. The third kappa shape index (κ3) is 2.58. The van der Waals surface area contributed by atoms with Crippen molar-refractivity contribution in [1.29, 1.82) is 0 Å². The van der Waals surface area contributed by atoms with Crippen molar-refractivity contribution in [2.24, 2.45) is 0 Å². The summed E-state index contributed by atoms with van der Waals surface area (Å²) >= 11 is 0. The lowest BCUT2D eigenvalue weighted by Gasteiger charge is -2.31. The number of benzene rings is 1. The van der Waals surface area contributed by atoms with Crippen LogP contribution >= 0.6 is 0 Å². The minimum absolute atomic E-state index is 0.0222. The molecule has 0 aromatic heterocycles. The van der Waals surface area contributed by atoms with E-state index in [9.17, 15) is 9.18 Å². The lowest BCUT2D eigenvalue weighted by Crippen LogP contribution is -2.41. The van der Waals surface area contributed by atoms with Crippen LogP contribution in [0.5, 0.6) is 0 Å². The summed E-state index contributed by atoms with van der Waals surface area (Å²) in [5, 5.41) is 11.9. The molecule has 2 N–H and O–H groups in total. The normalized spacial score (nSPS) is 14.4. The Bertz CT molecular complexity index is 358. The first-order chi connectivity index (χ1) is 7.54. The molecule has 0 heterocycles. The molecule has 0 amide bonds. The van der Waals surface area contributed by atoms with Crippen LogP contribution in [-0.2, 0) is 10.3 Å². The Morgan fingerprint density at radius 2 is 2.00 bits per heavy atom. The molecular formula is C12H16FNO2. The Morgan fingerprint density at radius 1 is 1.44 bits per heavy atom. The van der Waals surface area contributed by atoms with Gasteiger partial charge in [-0.25, -0.2) is 4.39 Å². The Morgan fingerprint density at radius 3 is 2.38 bits per heavy atom. The van der Waals surface area contributed by atoms with Gasteiger partial charge in [0.15, 0.2) is 0 Å². The van der Waals surface area contributed by atoms with Gasteiger partial charge in [-0.1, -0.05) is 19.1 Å². The smallest absolute Gasteiger partial charge is 0.305 e. The zero-order chi connectivity index (χ0) is 12.2. The van der Waals surface area contributed by atoms with E-state index in [2.05, 4.69) is 5.32 Å². The fourth-order valence-electron chi connectivity index (χ4n) is 1.87. The van der Waals surface area contributed by atoms with Gasteiger partial charge < -0.3 is 10.4 Å². The van der Waals surface area contributed by atoms with E-state index in [0.29, 0.717) is 6.42 Å². The van der Waals surface area contributed by atoms with E-state index in [4.69, 9.17) is 5.11 Å². The second-order valence-corrected chi connectivity index (χ2v) is 3.76. The molecule has 0 spiro atoms. The van der Waals surface area contributed by atoms with E-state index in [1.165, 1.54) is 12.1 Å². The van der Waals surface area contributed by atoms with Gasteiger partial charge in [0.05, 0.1) is 12.0 Å². The number of carboxylic acids is 1. The Labute approximate surface area is 94.3 Å². The van der Waals surface area contributed by atoms with Crippen LogP contribution in [0.15, 0.2) is 24.3 Å². The van der Waals surface area contributed by atoms with Crippen LogP contribution in [0.4, 0.5) is 4.39 Å². The molecule has 16 heavy (non-hydrogen) atoms. The van der Waals surface area contributed by atoms with Gasteiger partial charge in [0, 0.05) is 0 Å². The van der Waals surface area contributed by atoms with Gasteiger partial charge in [0.2, 0.25) is 0 Å². The Kier molecular flexibility index (Phi) is 4.01. The molecule has 1 rings (SSSR count). The number of carboxylic acid groups (broad SMARTS) is 1. The molecule has 3 nitrogen and oxygen atoms in total. The van der Waals surface area contributed by atoms with E-state index in [1.807, 2.05) is 6.92 Å². The van der Waals surface area contributed by atoms with Crippen molar-refractivity contribution in [3.63, 3.8) is 0 Å². The third-order valence-electron chi connectivity index (χ3n) is 2.93. The number of carbonyl (C=O) groups is 1. The average Bonchev–Trinajstić information content (AvgIpc) is 2.27. The molecule has 0 saturated carbocycles. The molecule has 0 aliphatic carbocycles. The largest absolute Gasteiger partial charge is 0.481 e. The topological polar surface area (TPSA) is 49.3 Å². The molecule has 88 valence electrons. The molecule has 0 aliphatic rings. The van der Waals surface area contributed by atoms with Gasteiger partial charge >= 0.3 is 5.97 Å². The predicted octanol–water partition coefficient (Wildman–Crippen LogP) is 2.13. The van der Waals surface area contributed by atoms with Crippen molar-refractivity contribution < 1.29 is 14.3 Å². The van der Waals surface area contributed by atoms with Crippen LogP contribution in [0.25, 0.3) is 0 Å². The van der Waals surface area contributed by atoms with E-state index in [1.54, 1.807) is 19.2 Å². The van der Waals surface area contributed by atoms with Crippen molar-refractivity contribution in [2.75, 3.05) is 7.05 Å². The zero-order valence-electron chi connectivity index (χ0n) is 9.46. The van der Waals surface area contributed by atoms with E-state index >= 15 is 0 Å². The highest BCUT2D eigenvalue weighted by molar-refractivity contribution is 5.69. The summed E-state index contributed by atoms with van der Waals surface area (Å²) in [6, 6.07) is 5.94. The van der Waals surface area contributed by atoms with Crippen LogP contribution in [0.2, 0.25) is 0 Å². The fourth-order valence-corrected chi connectivity index (χ4v) is 1.87. The van der Waals surface area contributed by atoms with Gasteiger partial charge in [-0.05, 0) is 31.2 Å². The number of aliphatic carboxylic acids is 1. The van der Waals surface area contributed by atoms with Gasteiger partial charge in [0.1, 0.15) is 5.82 Å². The first-order valence-electron chi connectivity index (χ1n) is 5.21. The van der Waals surface area contributed by atoms with Gasteiger partial charge in [-0.2, -0.15) is 0 Å². The molecule has 4 heteroatoms. The first kappa shape index (κ1) is 12.6. The second-order valence-electron chi connectivity index (χ2n) is 3.76. The van der Waals surface area contributed by atoms with Crippen molar-refractivity contribution in [3.05, 3.63) is 35.6 Å². The Balaban J connectivity index is 3.09. The van der Waals surface area contributed by atoms with Crippen molar-refractivity contribution in [3.8, 4) is 0 Å². The highest BCUT2D eigenvalue weighted by Crippen LogP contribution is 2.28. The van der Waals surface area contributed by atoms with E-state index in [-0.39, 0.29) is 12.2 Å². The summed E-state index contributed by atoms with van der Waals surface area (Å²) in [6.45, 7) is 1.91. The summed E-state index contributed by atoms with van der Waals surface area (Å²) in [5.41, 5.74) is 0.167. The average molecular weight is 225 g/mol. The quantitative estimate of drug-likeness (QED) is 0.807. The van der Waals surface area contributed by atoms with Crippen LogP contribution in [0.3, 0.4) is 0 Å². The minimum Gasteiger partial charge on any atom is -0.481 e. The van der Waals surface area contributed by atoms with Crippen LogP contribution < -0.4 is 5.32 Å². The van der Waals surface area contributed by atoms with Crippen molar-refractivity contribution in [2.45, 2.75) is 25.3 Å². The van der Waals surface area contributed by atoms with Crippen molar-refractivity contribution >= 4 is 5.97 Å². The molecule has 1 aromatic rings. The van der Waals surface area contributed by atoms with Crippen molar-refractivity contribution in [1.82, 2.24) is 5.32 Å². The number of hydrogen-bond donors (Lipinski definition) is 2. The fraction of sp³-hybridized carbons (Fsp3) is 0.417. The number of hydrogen-bond acceptors (Lipinski definition) is 2. The van der Waals surface area contributed by atoms with E-state index in [0.717, 1.165) is 5.56 Å². The van der Waals surface area contributed by atoms with Gasteiger partial charge in [-0.3, -0.25) is 4.79 Å². The summed E-state index contributed by atoms with van der Waals surface area (Å²) in [5.74, 6) is -1.19. The Hall–Kier alpha value is -1.42. The predicted molar refractivity (Wildman–Crippen MR) is 59.7 cm³/mol. The van der Waals surface area contributed by atoms with E-state index < -0.39 is 11.5 Å². The van der Waals surface area contributed by atoms with Crippen LogP contribution in [0, 0.1) is 5.82 Å². The summed E-state index contributed by atoms with van der Waals surface area (Å²) in [4.78, 5) is 10.9. The first-order valence-corrected chi connectivity index (χ1v) is 5.21. The molecule has 0 radical (unpaired) electrons. The standard InChI is InChI=1S/C12H16FNO2/c1-3-12(14-2,8-11(15)16)9-4-6-10(13)7-5-9/h4-7,14H,3,8H2,1-2H3,(H,15,16). The highest BCUT2D eigenvalue weighted by atomic mass is 19.1. The summed E-state index contributed by atoms with van der Waals surface area (Å²) in [7, 11) is 1.72. The molecule has 1 atom stereocenters. The minimum atomic E-state index is -0.875. The van der Waals surface area contributed by atoms with Crippen LogP contribution in [0.1, 0.15) is 25.3 Å². The molecule has 0 bridgehead atoms. The summed E-state index contributed by atoms with van der Waals surface area (Å²) in [6.07, 6.45) is 0.604. The van der Waals surface area contributed by atoms with Gasteiger partial charge in [0.25, 0.3) is 0 Å². The zero-order valence-corrected chi connectivity index (χ0v) is 9.46. The molecular weight excluding hydrogens is 209 g/mol. The van der Waals surface area contributed by atoms with Gasteiger partial charge in [-0.15, -0.1) is 0 Å². The SMILES string of the molecule is CCC(CC(=O)O)(NC)c1ccc(F)cc1. The molecule has 0 fully saturated rings. The molecule has 1 aromatic carbocycles.